The molecule has 0 fully saturated rings. The summed E-state index contributed by atoms with van der Waals surface area (Å²) in [6.45, 7) is 5.19. The van der Waals surface area contributed by atoms with Gasteiger partial charge in [-0.2, -0.15) is 0 Å². The van der Waals surface area contributed by atoms with Gasteiger partial charge in [-0.3, -0.25) is 0 Å². The predicted molar refractivity (Wildman–Crippen MR) is 74.5 cm³/mol. The van der Waals surface area contributed by atoms with Crippen LogP contribution in [0.4, 0.5) is 10.5 Å². The molecular formula is C11H16ClN3O3S. The van der Waals surface area contributed by atoms with E-state index in [0.29, 0.717) is 5.69 Å². The monoisotopic (exact) mass is 305 g/mol. The molecule has 0 aliphatic heterocycles. The summed E-state index contributed by atoms with van der Waals surface area (Å²) in [6.07, 6.45) is 0. The van der Waals surface area contributed by atoms with Crippen LogP contribution in [0, 0.1) is 0 Å². The zero-order valence-electron chi connectivity index (χ0n) is 10.8. The van der Waals surface area contributed by atoms with E-state index in [1.165, 1.54) is 18.2 Å². The van der Waals surface area contributed by atoms with Crippen molar-refractivity contribution in [3.05, 3.63) is 23.2 Å². The van der Waals surface area contributed by atoms with Gasteiger partial charge in [0.1, 0.15) is 4.90 Å². The maximum atomic E-state index is 12.0. The first-order valence-corrected chi connectivity index (χ1v) is 7.27. The zero-order valence-corrected chi connectivity index (χ0v) is 12.4. The van der Waals surface area contributed by atoms with E-state index in [9.17, 15) is 13.2 Å². The van der Waals surface area contributed by atoms with E-state index in [-0.39, 0.29) is 9.92 Å². The number of halogens is 1. The molecular weight excluding hydrogens is 290 g/mol. The molecule has 2 amide bonds. The van der Waals surface area contributed by atoms with Gasteiger partial charge in [0, 0.05) is 11.2 Å². The molecule has 8 heteroatoms. The van der Waals surface area contributed by atoms with Crippen molar-refractivity contribution in [3.63, 3.8) is 0 Å². The molecule has 0 heterocycles. The summed E-state index contributed by atoms with van der Waals surface area (Å²) in [6, 6.07) is 3.12. The number of nitrogens with one attached hydrogen (secondary N) is 2. The standard InChI is InChI=1S/C11H16ClN3O3S/c1-11(2,3)14-10(16)15-19(17,18)9-5-4-7(13)6-8(9)12/h4-6H,13H2,1-3H3,(H2,14,15,16). The van der Waals surface area contributed by atoms with Gasteiger partial charge in [0.25, 0.3) is 10.0 Å². The number of hydrogen-bond donors (Lipinski definition) is 3. The third-order valence-electron chi connectivity index (χ3n) is 1.96. The molecule has 4 N–H and O–H groups in total. The van der Waals surface area contributed by atoms with Crippen molar-refractivity contribution in [1.82, 2.24) is 10.0 Å². The maximum Gasteiger partial charge on any atom is 0.329 e. The van der Waals surface area contributed by atoms with Gasteiger partial charge < -0.3 is 11.1 Å². The second-order valence-corrected chi connectivity index (χ2v) is 7.06. The van der Waals surface area contributed by atoms with Crippen molar-refractivity contribution < 1.29 is 13.2 Å². The Morgan fingerprint density at radius 2 is 1.89 bits per heavy atom. The summed E-state index contributed by atoms with van der Waals surface area (Å²) < 4.78 is 25.8. The number of nitrogen functional groups attached to an aromatic ring is 1. The molecule has 0 aliphatic rings. The first-order chi connectivity index (χ1) is 8.51. The fourth-order valence-corrected chi connectivity index (χ4v) is 2.74. The lowest BCUT2D eigenvalue weighted by Gasteiger charge is -2.20. The van der Waals surface area contributed by atoms with Crippen LogP contribution in [0.25, 0.3) is 0 Å². The van der Waals surface area contributed by atoms with E-state index in [1.807, 2.05) is 4.72 Å². The summed E-state index contributed by atoms with van der Waals surface area (Å²) in [5.41, 5.74) is 5.26. The number of rotatable bonds is 2. The highest BCUT2D eigenvalue weighted by atomic mass is 35.5. The topological polar surface area (TPSA) is 101 Å². The highest BCUT2D eigenvalue weighted by molar-refractivity contribution is 7.90. The van der Waals surface area contributed by atoms with Crippen LogP contribution in [0.5, 0.6) is 0 Å². The molecule has 106 valence electrons. The Labute approximate surface area is 117 Å². The molecule has 1 aromatic rings. The van der Waals surface area contributed by atoms with Crippen LogP contribution in [0.15, 0.2) is 23.1 Å². The molecule has 0 spiro atoms. The van der Waals surface area contributed by atoms with Gasteiger partial charge in [0.15, 0.2) is 0 Å². The molecule has 0 unspecified atom stereocenters. The Kier molecular flexibility index (Phi) is 4.32. The van der Waals surface area contributed by atoms with Crippen molar-refractivity contribution in [3.8, 4) is 0 Å². The van der Waals surface area contributed by atoms with E-state index in [1.54, 1.807) is 20.8 Å². The Balaban J connectivity index is 2.96. The van der Waals surface area contributed by atoms with Crippen LogP contribution in [-0.2, 0) is 10.0 Å². The Morgan fingerprint density at radius 1 is 1.32 bits per heavy atom. The van der Waals surface area contributed by atoms with Crippen LogP contribution in [0.1, 0.15) is 20.8 Å². The van der Waals surface area contributed by atoms with Gasteiger partial charge in [-0.1, -0.05) is 11.6 Å². The predicted octanol–water partition coefficient (Wildman–Crippen LogP) is 1.71. The molecule has 0 aliphatic carbocycles. The number of urea groups is 1. The largest absolute Gasteiger partial charge is 0.399 e. The van der Waals surface area contributed by atoms with E-state index >= 15 is 0 Å². The molecule has 0 bridgehead atoms. The quantitative estimate of drug-likeness (QED) is 0.724. The normalized spacial score (nSPS) is 12.0. The lowest BCUT2D eigenvalue weighted by molar-refractivity contribution is 0.237. The fourth-order valence-electron chi connectivity index (χ4n) is 1.28. The van der Waals surface area contributed by atoms with E-state index in [4.69, 9.17) is 17.3 Å². The molecule has 0 saturated carbocycles. The maximum absolute atomic E-state index is 12.0. The second kappa shape index (κ2) is 5.26. The van der Waals surface area contributed by atoms with Gasteiger partial charge in [-0.15, -0.1) is 0 Å². The summed E-state index contributed by atoms with van der Waals surface area (Å²) in [5.74, 6) is 0. The first-order valence-electron chi connectivity index (χ1n) is 5.41. The minimum Gasteiger partial charge on any atom is -0.399 e. The SMILES string of the molecule is CC(C)(C)NC(=O)NS(=O)(=O)c1ccc(N)cc1Cl. The number of amides is 2. The number of benzene rings is 1. The zero-order chi connectivity index (χ0) is 14.8. The molecule has 19 heavy (non-hydrogen) atoms. The smallest absolute Gasteiger partial charge is 0.329 e. The Bertz CT molecular complexity index is 594. The van der Waals surface area contributed by atoms with Gasteiger partial charge in [-0.25, -0.2) is 17.9 Å². The molecule has 0 saturated heterocycles. The van der Waals surface area contributed by atoms with Crippen LogP contribution in [-0.4, -0.2) is 20.0 Å². The summed E-state index contributed by atoms with van der Waals surface area (Å²) in [7, 11) is -4.03. The summed E-state index contributed by atoms with van der Waals surface area (Å²) in [5, 5.41) is 2.43. The highest BCUT2D eigenvalue weighted by Gasteiger charge is 2.23. The average molecular weight is 306 g/mol. The third-order valence-corrected chi connectivity index (χ3v) is 3.77. The Hall–Kier alpha value is -1.47. The van der Waals surface area contributed by atoms with E-state index in [2.05, 4.69) is 5.32 Å². The fraction of sp³-hybridized carbons (Fsp3) is 0.364. The van der Waals surface area contributed by atoms with Gasteiger partial charge in [0.2, 0.25) is 0 Å². The number of hydrogen-bond acceptors (Lipinski definition) is 4. The van der Waals surface area contributed by atoms with Gasteiger partial charge >= 0.3 is 6.03 Å². The van der Waals surface area contributed by atoms with Crippen molar-refractivity contribution in [2.24, 2.45) is 0 Å². The van der Waals surface area contributed by atoms with Crippen molar-refractivity contribution in [2.75, 3.05) is 5.73 Å². The summed E-state index contributed by atoms with van der Waals surface area (Å²) >= 11 is 5.80. The second-order valence-electron chi connectivity index (χ2n) is 5.00. The lowest BCUT2D eigenvalue weighted by atomic mass is 10.1. The molecule has 1 rings (SSSR count). The lowest BCUT2D eigenvalue weighted by Crippen LogP contribution is -2.48. The number of carbonyl (C=O) groups excluding carboxylic acids is 1. The number of sulfonamides is 1. The highest BCUT2D eigenvalue weighted by Crippen LogP contribution is 2.23. The van der Waals surface area contributed by atoms with Crippen LogP contribution < -0.4 is 15.8 Å². The molecule has 6 nitrogen and oxygen atoms in total. The Morgan fingerprint density at radius 3 is 2.37 bits per heavy atom. The minimum absolute atomic E-state index is 0.0453. The third kappa shape index (κ3) is 4.60. The minimum atomic E-state index is -4.03. The van der Waals surface area contributed by atoms with Crippen molar-refractivity contribution in [2.45, 2.75) is 31.2 Å². The van der Waals surface area contributed by atoms with Crippen LogP contribution >= 0.6 is 11.6 Å². The number of nitrogens with two attached hydrogens (primary N) is 1. The molecule has 0 aromatic heterocycles. The van der Waals surface area contributed by atoms with E-state index < -0.39 is 21.6 Å². The number of anilines is 1. The van der Waals surface area contributed by atoms with Crippen molar-refractivity contribution in [1.29, 1.82) is 0 Å². The number of carbonyl (C=O) groups is 1. The average Bonchev–Trinajstić information content (AvgIpc) is 2.11. The molecule has 0 radical (unpaired) electrons. The van der Waals surface area contributed by atoms with Crippen LogP contribution in [0.3, 0.4) is 0 Å². The van der Waals surface area contributed by atoms with Gasteiger partial charge in [0.05, 0.1) is 5.02 Å². The van der Waals surface area contributed by atoms with Crippen LogP contribution in [0.2, 0.25) is 5.02 Å². The van der Waals surface area contributed by atoms with E-state index in [0.717, 1.165) is 0 Å². The molecule has 1 aromatic carbocycles. The van der Waals surface area contributed by atoms with Gasteiger partial charge in [-0.05, 0) is 39.0 Å². The first kappa shape index (κ1) is 15.6. The molecule has 0 atom stereocenters. The van der Waals surface area contributed by atoms with Crippen molar-refractivity contribution >= 4 is 33.3 Å². The summed E-state index contributed by atoms with van der Waals surface area (Å²) in [4.78, 5) is 11.4.